The molecule has 0 saturated heterocycles. The molecule has 2 aromatic heterocycles. The predicted molar refractivity (Wildman–Crippen MR) is 113 cm³/mol. The van der Waals surface area contributed by atoms with Crippen molar-refractivity contribution >= 4 is 25.8 Å². The van der Waals surface area contributed by atoms with E-state index >= 15 is 0 Å². The quantitative estimate of drug-likeness (QED) is 0.413. The zero-order valence-electron chi connectivity index (χ0n) is 15.5. The minimum Gasteiger partial charge on any atom is -0.264 e. The van der Waals surface area contributed by atoms with Gasteiger partial charge in [0, 0.05) is 29.0 Å². The van der Waals surface area contributed by atoms with E-state index in [0.717, 1.165) is 43.5 Å². The molecule has 0 aliphatic heterocycles. The van der Waals surface area contributed by atoms with Crippen LogP contribution in [-0.4, -0.2) is 34.1 Å². The van der Waals surface area contributed by atoms with Crippen molar-refractivity contribution in [1.29, 1.82) is 0 Å². The fourth-order valence-electron chi connectivity index (χ4n) is 2.96. The van der Waals surface area contributed by atoms with E-state index in [9.17, 15) is 8.42 Å². The number of benzene rings is 1. The number of hydrogen-bond acceptors (Lipinski definition) is 5. The van der Waals surface area contributed by atoms with Crippen LogP contribution in [0.3, 0.4) is 0 Å². The molecule has 8 heteroatoms. The van der Waals surface area contributed by atoms with E-state index in [-0.39, 0.29) is 5.75 Å². The van der Waals surface area contributed by atoms with Gasteiger partial charge in [0.15, 0.2) is 9.84 Å². The number of nitrogens with zero attached hydrogens (tertiary/aromatic N) is 4. The van der Waals surface area contributed by atoms with Crippen molar-refractivity contribution in [3.63, 3.8) is 0 Å². The van der Waals surface area contributed by atoms with Crippen LogP contribution in [0.2, 0.25) is 0 Å². The summed E-state index contributed by atoms with van der Waals surface area (Å²) in [5, 5.41) is 8.34. The molecule has 2 heterocycles. The van der Waals surface area contributed by atoms with Crippen molar-refractivity contribution < 1.29 is 8.42 Å². The van der Waals surface area contributed by atoms with Gasteiger partial charge in [-0.05, 0) is 53.0 Å². The Balaban J connectivity index is 1.35. The minimum atomic E-state index is -3.22. The summed E-state index contributed by atoms with van der Waals surface area (Å²) in [6, 6.07) is 10.8. The first kappa shape index (κ1) is 20.7. The van der Waals surface area contributed by atoms with Crippen molar-refractivity contribution in [3.8, 4) is 11.3 Å². The van der Waals surface area contributed by atoms with Crippen LogP contribution >= 0.6 is 15.9 Å². The average molecular weight is 463 g/mol. The van der Waals surface area contributed by atoms with Crippen molar-refractivity contribution in [3.05, 3.63) is 59.5 Å². The van der Waals surface area contributed by atoms with Gasteiger partial charge in [0.2, 0.25) is 0 Å². The Hall–Kier alpha value is -2.06. The molecule has 148 valence electrons. The van der Waals surface area contributed by atoms with Gasteiger partial charge >= 0.3 is 0 Å². The summed E-state index contributed by atoms with van der Waals surface area (Å²) in [4.78, 5) is 4.47. The normalized spacial score (nSPS) is 11.6. The van der Waals surface area contributed by atoms with Crippen LogP contribution in [0.5, 0.6) is 0 Å². The van der Waals surface area contributed by atoms with E-state index in [1.54, 1.807) is 30.6 Å². The lowest BCUT2D eigenvalue weighted by Crippen LogP contribution is -2.07. The number of halogens is 1. The second kappa shape index (κ2) is 9.93. The van der Waals surface area contributed by atoms with Crippen LogP contribution in [0.1, 0.15) is 32.1 Å². The highest BCUT2D eigenvalue weighted by molar-refractivity contribution is 9.10. The molecule has 0 atom stereocenters. The van der Waals surface area contributed by atoms with Crippen LogP contribution in [-0.2, 0) is 16.4 Å². The molecule has 0 saturated carbocycles. The highest BCUT2D eigenvalue weighted by Gasteiger charge is 2.16. The summed E-state index contributed by atoms with van der Waals surface area (Å²) in [6.45, 7) is 0.808. The first-order valence-corrected chi connectivity index (χ1v) is 11.8. The molecule has 0 spiro atoms. The molecule has 28 heavy (non-hydrogen) atoms. The molecule has 0 fully saturated rings. The van der Waals surface area contributed by atoms with Crippen LogP contribution < -0.4 is 0 Å². The lowest BCUT2D eigenvalue weighted by molar-refractivity contribution is 0.520. The SMILES string of the molecule is O=S(=O)(CCCCCCCn1cc(-c2cccnc2)nn1)c1ccccc1Br. The molecule has 0 amide bonds. The lowest BCUT2D eigenvalue weighted by atomic mass is 10.1. The summed E-state index contributed by atoms with van der Waals surface area (Å²) in [5.41, 5.74) is 1.78. The Morgan fingerprint density at radius 3 is 2.54 bits per heavy atom. The molecule has 0 aliphatic rings. The first-order valence-electron chi connectivity index (χ1n) is 9.34. The molecule has 0 N–H and O–H groups in total. The summed E-state index contributed by atoms with van der Waals surface area (Å²) in [5.74, 6) is 0.188. The first-order chi connectivity index (χ1) is 13.6. The van der Waals surface area contributed by atoms with Gasteiger partial charge in [0.25, 0.3) is 0 Å². The van der Waals surface area contributed by atoms with E-state index in [1.165, 1.54) is 0 Å². The molecule has 0 bridgehead atoms. The van der Waals surface area contributed by atoms with E-state index in [1.807, 2.05) is 29.1 Å². The molecular formula is C20H23BrN4O2S. The number of rotatable bonds is 10. The van der Waals surface area contributed by atoms with Crippen molar-refractivity contribution in [2.45, 2.75) is 43.5 Å². The number of sulfone groups is 1. The number of aromatic nitrogens is 4. The lowest BCUT2D eigenvalue weighted by Gasteiger charge is -2.06. The summed E-state index contributed by atoms with van der Waals surface area (Å²) in [7, 11) is -3.22. The highest BCUT2D eigenvalue weighted by atomic mass is 79.9. The van der Waals surface area contributed by atoms with Gasteiger partial charge < -0.3 is 0 Å². The van der Waals surface area contributed by atoms with Gasteiger partial charge in [-0.3, -0.25) is 9.67 Å². The third kappa shape index (κ3) is 5.72. The summed E-state index contributed by atoms with van der Waals surface area (Å²) in [6.07, 6.45) is 10.1. The van der Waals surface area contributed by atoms with Crippen molar-refractivity contribution in [2.75, 3.05) is 5.75 Å². The minimum absolute atomic E-state index is 0.188. The van der Waals surface area contributed by atoms with Gasteiger partial charge in [0.05, 0.1) is 16.8 Å². The van der Waals surface area contributed by atoms with Crippen LogP contribution in [0, 0.1) is 0 Å². The maximum absolute atomic E-state index is 12.4. The van der Waals surface area contributed by atoms with E-state index in [4.69, 9.17) is 0 Å². The van der Waals surface area contributed by atoms with Crippen molar-refractivity contribution in [1.82, 2.24) is 20.0 Å². The van der Waals surface area contributed by atoms with Crippen molar-refractivity contribution in [2.24, 2.45) is 0 Å². The zero-order valence-corrected chi connectivity index (χ0v) is 17.9. The molecule has 3 aromatic rings. The molecule has 1 aromatic carbocycles. The Morgan fingerprint density at radius 1 is 0.964 bits per heavy atom. The Bertz CT molecular complexity index is 990. The molecule has 3 rings (SSSR count). The Labute approximate surface area is 174 Å². The Morgan fingerprint density at radius 2 is 1.75 bits per heavy atom. The van der Waals surface area contributed by atoms with Gasteiger partial charge in [-0.15, -0.1) is 5.10 Å². The summed E-state index contributed by atoms with van der Waals surface area (Å²) >= 11 is 3.32. The molecule has 0 aliphatic carbocycles. The molecular weight excluding hydrogens is 440 g/mol. The fourth-order valence-corrected chi connectivity index (χ4v) is 5.44. The maximum Gasteiger partial charge on any atom is 0.179 e. The number of pyridine rings is 1. The summed E-state index contributed by atoms with van der Waals surface area (Å²) < 4.78 is 27.3. The second-order valence-electron chi connectivity index (χ2n) is 6.63. The van der Waals surface area contributed by atoms with Gasteiger partial charge in [-0.1, -0.05) is 36.6 Å². The molecule has 0 radical (unpaired) electrons. The number of unbranched alkanes of at least 4 members (excludes halogenated alkanes) is 4. The van der Waals surface area contributed by atoms with Crippen LogP contribution in [0.15, 0.2) is 64.4 Å². The number of aryl methyl sites for hydroxylation is 1. The predicted octanol–water partition coefficient (Wildman–Crippen LogP) is 4.53. The standard InChI is InChI=1S/C20H23BrN4O2S/c21-18-10-4-5-11-20(18)28(26,27)14-7-3-1-2-6-13-25-16-19(23-24-25)17-9-8-12-22-15-17/h4-5,8-12,15-16H,1-3,6-7,13-14H2. The van der Waals surface area contributed by atoms with E-state index in [2.05, 4.69) is 31.2 Å². The number of hydrogen-bond donors (Lipinski definition) is 0. The largest absolute Gasteiger partial charge is 0.264 e. The fraction of sp³-hybridized carbons (Fsp3) is 0.350. The monoisotopic (exact) mass is 462 g/mol. The van der Waals surface area contributed by atoms with Crippen LogP contribution in [0.25, 0.3) is 11.3 Å². The van der Waals surface area contributed by atoms with Crippen LogP contribution in [0.4, 0.5) is 0 Å². The molecule has 6 nitrogen and oxygen atoms in total. The Kier molecular flexibility index (Phi) is 7.33. The van der Waals surface area contributed by atoms with E-state index < -0.39 is 9.84 Å². The maximum atomic E-state index is 12.4. The third-order valence-corrected chi connectivity index (χ3v) is 7.27. The van der Waals surface area contributed by atoms with Gasteiger partial charge in [0.1, 0.15) is 5.69 Å². The average Bonchev–Trinajstić information content (AvgIpc) is 3.17. The molecule has 0 unspecified atom stereocenters. The zero-order chi connectivity index (χ0) is 19.8. The smallest absolute Gasteiger partial charge is 0.179 e. The van der Waals surface area contributed by atoms with E-state index in [0.29, 0.717) is 15.8 Å². The topological polar surface area (TPSA) is 77.7 Å². The highest BCUT2D eigenvalue weighted by Crippen LogP contribution is 2.23. The second-order valence-corrected chi connectivity index (χ2v) is 9.56. The van der Waals surface area contributed by atoms with Gasteiger partial charge in [-0.25, -0.2) is 8.42 Å². The third-order valence-electron chi connectivity index (χ3n) is 4.47. The van der Waals surface area contributed by atoms with Gasteiger partial charge in [-0.2, -0.15) is 0 Å².